The zero-order valence-electron chi connectivity index (χ0n) is 35.1. The number of nitrogens with two attached hydrogens (primary N) is 3. The molecule has 2 heterocycles. The van der Waals surface area contributed by atoms with Crippen molar-refractivity contribution in [2.24, 2.45) is 35.0 Å². The molecule has 6 atom stereocenters. The second-order valence-corrected chi connectivity index (χ2v) is 16.1. The number of nitrogens with one attached hydrogen (secondary N) is 4. The third-order valence-corrected chi connectivity index (χ3v) is 11.3. The van der Waals surface area contributed by atoms with Gasteiger partial charge in [-0.2, -0.15) is 0 Å². The number of hydrogen-bond donors (Lipinski definition) is 8. The third-order valence-electron chi connectivity index (χ3n) is 11.3. The second kappa shape index (κ2) is 23.0. The summed E-state index contributed by atoms with van der Waals surface area (Å²) >= 11 is 0. The van der Waals surface area contributed by atoms with Crippen LogP contribution in [0.1, 0.15) is 67.8 Å². The van der Waals surface area contributed by atoms with E-state index >= 15 is 0 Å². The van der Waals surface area contributed by atoms with Gasteiger partial charge in [-0.25, -0.2) is 4.98 Å². The van der Waals surface area contributed by atoms with Crippen LogP contribution >= 0.6 is 0 Å². The molecule has 11 N–H and O–H groups in total. The molecule has 0 saturated heterocycles. The summed E-state index contributed by atoms with van der Waals surface area (Å²) in [6.07, 6.45) is 6.43. The van der Waals surface area contributed by atoms with Gasteiger partial charge >= 0.3 is 0 Å². The molecule has 0 unspecified atom stereocenters. The minimum atomic E-state index is -1.07. The summed E-state index contributed by atoms with van der Waals surface area (Å²) in [4.78, 5) is 92.4. The van der Waals surface area contributed by atoms with Crippen molar-refractivity contribution in [3.8, 4) is 5.75 Å². The van der Waals surface area contributed by atoms with Gasteiger partial charge in [0.05, 0.1) is 24.5 Å². The van der Waals surface area contributed by atoms with Crippen molar-refractivity contribution in [3.05, 3.63) is 120 Å². The monoisotopic (exact) mass is 846 g/mol. The van der Waals surface area contributed by atoms with Gasteiger partial charge in [-0.05, 0) is 80.5 Å². The molecule has 15 nitrogen and oxygen atoms in total. The van der Waals surface area contributed by atoms with Gasteiger partial charge in [0.1, 0.15) is 5.75 Å². The molecule has 3 amide bonds. The number of fused-ring (bicyclic) bond motifs is 1. The van der Waals surface area contributed by atoms with Crippen LogP contribution in [-0.4, -0.2) is 79.8 Å². The van der Waals surface area contributed by atoms with E-state index in [0.717, 1.165) is 22.0 Å². The topological polar surface area (TPSA) is 269 Å². The van der Waals surface area contributed by atoms with E-state index in [1.54, 1.807) is 24.5 Å². The number of aromatic nitrogens is 3. The summed E-state index contributed by atoms with van der Waals surface area (Å²) in [5.74, 6) is -5.49. The molecule has 3 aromatic carbocycles. The van der Waals surface area contributed by atoms with Crippen molar-refractivity contribution in [2.45, 2.75) is 89.3 Å². The van der Waals surface area contributed by atoms with Gasteiger partial charge < -0.3 is 42.9 Å². The Morgan fingerprint density at radius 3 is 2.05 bits per heavy atom. The molecular weight excluding hydrogens is 789 g/mol. The summed E-state index contributed by atoms with van der Waals surface area (Å²) in [6, 6.07) is 19.9. The number of aromatic amines is 2. The fourth-order valence-corrected chi connectivity index (χ4v) is 7.62. The van der Waals surface area contributed by atoms with Gasteiger partial charge in [0.2, 0.25) is 17.7 Å². The quantitative estimate of drug-likeness (QED) is 0.0375. The molecule has 0 aliphatic carbocycles. The van der Waals surface area contributed by atoms with Gasteiger partial charge in [0.15, 0.2) is 17.3 Å². The molecule has 0 aliphatic heterocycles. The number of unbranched alkanes of at least 4 members (excludes halogenated alkanes) is 1. The number of hydrogen-bond acceptors (Lipinski definition) is 10. The van der Waals surface area contributed by atoms with Crippen LogP contribution in [-0.2, 0) is 54.5 Å². The summed E-state index contributed by atoms with van der Waals surface area (Å²) < 4.78 is 0. The summed E-state index contributed by atoms with van der Waals surface area (Å²) in [5.41, 5.74) is 21.4. The highest BCUT2D eigenvalue weighted by atomic mass is 16.3. The fourth-order valence-electron chi connectivity index (χ4n) is 7.62. The predicted octanol–water partition coefficient (Wildman–Crippen LogP) is 3.52. The molecule has 62 heavy (non-hydrogen) atoms. The van der Waals surface area contributed by atoms with E-state index < -0.39 is 59.4 Å². The lowest BCUT2D eigenvalue weighted by molar-refractivity contribution is -0.135. The SMILES string of the molecule is C[C@H](NC(=O)[C@H](CC(=O)[C@@H](N)Cc1cnc[nH]1)Cc1c[nH]c2ccccc12)C(=O)C[C@H](Cc1ccc(O)cc1)C(=O)N[C@H](Cc1ccccc1)C(=O)C[C@@H](CCCCN)C(N)=O. The molecule has 5 aromatic rings. The van der Waals surface area contributed by atoms with Gasteiger partial charge in [0, 0.05) is 72.4 Å². The average Bonchev–Trinajstić information content (AvgIpc) is 3.93. The number of Topliss-reactive ketones (excluding diaryl/α,β-unsaturated/α-hetero) is 3. The van der Waals surface area contributed by atoms with Crippen molar-refractivity contribution in [2.75, 3.05) is 6.54 Å². The fraction of sp³-hybridized carbons (Fsp3) is 0.383. The van der Waals surface area contributed by atoms with E-state index in [2.05, 4.69) is 25.6 Å². The predicted molar refractivity (Wildman–Crippen MR) is 235 cm³/mol. The second-order valence-electron chi connectivity index (χ2n) is 16.1. The van der Waals surface area contributed by atoms with Gasteiger partial charge in [-0.1, -0.05) is 67.1 Å². The first kappa shape index (κ1) is 46.6. The molecule has 328 valence electrons. The molecular formula is C47H58N8O7. The molecule has 0 aliphatic rings. The number of H-pyrrole nitrogens is 2. The third kappa shape index (κ3) is 13.8. The Hall–Kier alpha value is -6.45. The Labute approximate surface area is 361 Å². The van der Waals surface area contributed by atoms with Crippen LogP contribution in [0.25, 0.3) is 10.9 Å². The van der Waals surface area contributed by atoms with Crippen molar-refractivity contribution < 1.29 is 33.9 Å². The summed E-state index contributed by atoms with van der Waals surface area (Å²) in [7, 11) is 0. The Morgan fingerprint density at radius 1 is 0.710 bits per heavy atom. The number of primary amides is 1. The van der Waals surface area contributed by atoms with E-state index in [1.807, 2.05) is 54.6 Å². The Bertz CT molecular complexity index is 2260. The number of ketones is 3. The standard InChI is InChI=1S/C47H58N8O7/c1-29(54-46(61)34(21-35-26-52-40-13-6-5-12-38(35)40)24-43(58)39(49)25-36-27-51-28-53-36)42(57)23-33(19-31-14-16-37(56)17-15-31)47(62)55-41(20-30-9-3-2-4-10-30)44(59)22-32(45(50)60)11-7-8-18-48/h2-6,9-10,12-17,26-29,32-34,39,41,52,56H,7-8,11,18-25,48-49H2,1H3,(H2,50,60)(H,51,53)(H,54,61)(H,55,62)/t29-,32+,33-,34-,39-,41+/m0/s1. The first-order chi connectivity index (χ1) is 29.8. The zero-order chi connectivity index (χ0) is 44.6. The highest BCUT2D eigenvalue weighted by Gasteiger charge is 2.33. The minimum absolute atomic E-state index is 0.0223. The number of para-hydroxylation sites is 1. The minimum Gasteiger partial charge on any atom is -0.508 e. The number of rotatable bonds is 26. The maximum Gasteiger partial charge on any atom is 0.224 e. The van der Waals surface area contributed by atoms with Gasteiger partial charge in [-0.15, -0.1) is 0 Å². The van der Waals surface area contributed by atoms with E-state index in [0.29, 0.717) is 37.1 Å². The number of nitrogens with zero attached hydrogens (tertiary/aromatic N) is 1. The summed E-state index contributed by atoms with van der Waals surface area (Å²) in [6.45, 7) is 1.96. The molecule has 0 fully saturated rings. The number of carbonyl (C=O) groups excluding carboxylic acids is 6. The molecule has 0 saturated carbocycles. The molecule has 5 rings (SSSR count). The van der Waals surface area contributed by atoms with Crippen LogP contribution in [0.3, 0.4) is 0 Å². The number of phenols is 1. The largest absolute Gasteiger partial charge is 0.508 e. The smallest absolute Gasteiger partial charge is 0.224 e. The van der Waals surface area contributed by atoms with Crippen molar-refractivity contribution in [3.63, 3.8) is 0 Å². The normalized spacial score (nSPS) is 14.2. The number of amides is 3. The number of carbonyl (C=O) groups is 6. The van der Waals surface area contributed by atoms with Crippen LogP contribution in [0.2, 0.25) is 0 Å². The van der Waals surface area contributed by atoms with Crippen LogP contribution < -0.4 is 27.8 Å². The first-order valence-corrected chi connectivity index (χ1v) is 21.1. The van der Waals surface area contributed by atoms with E-state index in [9.17, 15) is 33.9 Å². The molecule has 0 spiro atoms. The number of imidazole rings is 1. The Morgan fingerprint density at radius 2 is 1.35 bits per heavy atom. The maximum atomic E-state index is 14.3. The lowest BCUT2D eigenvalue weighted by Crippen LogP contribution is -2.48. The van der Waals surface area contributed by atoms with E-state index in [4.69, 9.17) is 17.2 Å². The molecule has 2 aromatic heterocycles. The Balaban J connectivity index is 1.34. The number of aromatic hydroxyl groups is 1. The number of phenolic OH excluding ortho intramolecular Hbond substituents is 1. The van der Waals surface area contributed by atoms with Crippen LogP contribution in [0.5, 0.6) is 5.75 Å². The van der Waals surface area contributed by atoms with E-state index in [-0.39, 0.29) is 62.3 Å². The average molecular weight is 847 g/mol. The van der Waals surface area contributed by atoms with Crippen LogP contribution in [0, 0.1) is 17.8 Å². The number of benzene rings is 3. The van der Waals surface area contributed by atoms with Gasteiger partial charge in [0.25, 0.3) is 0 Å². The lowest BCUT2D eigenvalue weighted by atomic mass is 9.88. The molecule has 15 heteroatoms. The summed E-state index contributed by atoms with van der Waals surface area (Å²) in [5, 5.41) is 16.5. The molecule has 0 radical (unpaired) electrons. The van der Waals surface area contributed by atoms with Crippen LogP contribution in [0.15, 0.2) is 97.6 Å². The highest BCUT2D eigenvalue weighted by molar-refractivity contribution is 5.97. The zero-order valence-corrected chi connectivity index (χ0v) is 35.1. The Kier molecular flexibility index (Phi) is 17.3. The lowest BCUT2D eigenvalue weighted by Gasteiger charge is -2.25. The van der Waals surface area contributed by atoms with Gasteiger partial charge in [-0.3, -0.25) is 28.8 Å². The maximum absolute atomic E-state index is 14.3. The van der Waals surface area contributed by atoms with Crippen molar-refractivity contribution in [1.29, 1.82) is 0 Å². The first-order valence-electron chi connectivity index (χ1n) is 21.1. The van der Waals surface area contributed by atoms with Crippen molar-refractivity contribution in [1.82, 2.24) is 25.6 Å². The van der Waals surface area contributed by atoms with Crippen LogP contribution in [0.4, 0.5) is 0 Å². The van der Waals surface area contributed by atoms with Crippen molar-refractivity contribution >= 4 is 46.0 Å². The molecule has 0 bridgehead atoms. The highest BCUT2D eigenvalue weighted by Crippen LogP contribution is 2.24. The van der Waals surface area contributed by atoms with E-state index in [1.165, 1.54) is 25.4 Å².